The second-order valence-electron chi connectivity index (χ2n) is 7.70. The minimum atomic E-state index is -0.903. The summed E-state index contributed by atoms with van der Waals surface area (Å²) in [7, 11) is 0. The van der Waals surface area contributed by atoms with Crippen molar-refractivity contribution < 1.29 is 15.0 Å². The van der Waals surface area contributed by atoms with Gasteiger partial charge in [-0.25, -0.2) is 0 Å². The Balaban J connectivity index is 3.06. The number of hydrogen-bond donors (Lipinski definition) is 2. The van der Waals surface area contributed by atoms with Gasteiger partial charge in [0, 0.05) is 0 Å². The minimum absolute atomic E-state index is 0.112. The molecule has 0 aliphatic rings. The first-order chi connectivity index (χ1) is 12.2. The average Bonchev–Trinajstić information content (AvgIpc) is 2.57. The second-order valence-corrected chi connectivity index (χ2v) is 7.70. The quantitative estimate of drug-likeness (QED) is 0.234. The number of carboxylic acids is 1. The number of carboxylic acid groups (broad SMARTS) is 1. The molecule has 0 aromatic heterocycles. The van der Waals surface area contributed by atoms with Crippen LogP contribution in [0.15, 0.2) is 0 Å². The predicted octanol–water partition coefficient (Wildman–Crippen LogP) is 6.86. The molecule has 1 atom stereocenters. The number of aliphatic carboxylic acids is 1. The monoisotopic (exact) mass is 356 g/mol. The van der Waals surface area contributed by atoms with Crippen LogP contribution < -0.4 is 0 Å². The van der Waals surface area contributed by atoms with Gasteiger partial charge in [-0.05, 0) is 6.42 Å². The highest BCUT2D eigenvalue weighted by Crippen LogP contribution is 2.14. The molecule has 2 N–H and O–H groups in total. The van der Waals surface area contributed by atoms with E-state index < -0.39 is 12.1 Å². The number of rotatable bonds is 20. The normalized spacial score (nSPS) is 12.4. The van der Waals surface area contributed by atoms with Crippen LogP contribution in [0.25, 0.3) is 0 Å². The summed E-state index contributed by atoms with van der Waals surface area (Å²) in [5, 5.41) is 18.0. The van der Waals surface area contributed by atoms with Crippen molar-refractivity contribution in [3.63, 3.8) is 0 Å². The van der Waals surface area contributed by atoms with Crippen molar-refractivity contribution in [3.05, 3.63) is 0 Å². The van der Waals surface area contributed by atoms with Crippen LogP contribution in [0.5, 0.6) is 0 Å². The fraction of sp³-hybridized carbons (Fsp3) is 0.955. The molecule has 0 unspecified atom stereocenters. The Morgan fingerprint density at radius 3 is 1.28 bits per heavy atom. The molecule has 3 heteroatoms. The lowest BCUT2D eigenvalue weighted by atomic mass is 10.0. The summed E-state index contributed by atoms with van der Waals surface area (Å²) in [6, 6.07) is 0. The zero-order valence-corrected chi connectivity index (χ0v) is 16.8. The van der Waals surface area contributed by atoms with E-state index in [1.165, 1.54) is 96.3 Å². The summed E-state index contributed by atoms with van der Waals surface area (Å²) in [5.74, 6) is -0.903. The van der Waals surface area contributed by atoms with Gasteiger partial charge in [-0.2, -0.15) is 0 Å². The molecule has 0 aromatic rings. The Kier molecular flexibility index (Phi) is 19.3. The van der Waals surface area contributed by atoms with E-state index >= 15 is 0 Å². The van der Waals surface area contributed by atoms with Gasteiger partial charge in [-0.15, -0.1) is 0 Å². The van der Waals surface area contributed by atoms with E-state index in [9.17, 15) is 9.90 Å². The molecule has 0 heterocycles. The Morgan fingerprint density at radius 2 is 0.960 bits per heavy atom. The van der Waals surface area contributed by atoms with Gasteiger partial charge in [0.25, 0.3) is 0 Å². The van der Waals surface area contributed by atoms with Gasteiger partial charge in [0.2, 0.25) is 0 Å². The molecule has 0 aromatic carbocycles. The summed E-state index contributed by atoms with van der Waals surface area (Å²) in [6.45, 7) is 2.27. The van der Waals surface area contributed by atoms with Crippen molar-refractivity contribution in [1.29, 1.82) is 0 Å². The Labute approximate surface area is 156 Å². The number of carbonyl (C=O) groups is 1. The van der Waals surface area contributed by atoms with Gasteiger partial charge in [-0.3, -0.25) is 4.79 Å². The van der Waals surface area contributed by atoms with Gasteiger partial charge >= 0.3 is 5.97 Å². The van der Waals surface area contributed by atoms with Crippen molar-refractivity contribution in [2.45, 2.75) is 135 Å². The molecule has 3 nitrogen and oxygen atoms in total. The van der Waals surface area contributed by atoms with Crippen LogP contribution in [0.2, 0.25) is 0 Å². The smallest absolute Gasteiger partial charge is 0.305 e. The molecule has 25 heavy (non-hydrogen) atoms. The topological polar surface area (TPSA) is 57.5 Å². The zero-order valence-electron chi connectivity index (χ0n) is 16.8. The molecule has 0 amide bonds. The van der Waals surface area contributed by atoms with Crippen molar-refractivity contribution >= 4 is 5.97 Å². The summed E-state index contributed by atoms with van der Waals surface area (Å²) in [6.07, 6.45) is 22.7. The highest BCUT2D eigenvalue weighted by Gasteiger charge is 2.08. The summed E-state index contributed by atoms with van der Waals surface area (Å²) >= 11 is 0. The van der Waals surface area contributed by atoms with E-state index in [1.807, 2.05) is 0 Å². The van der Waals surface area contributed by atoms with E-state index in [1.54, 1.807) is 0 Å². The van der Waals surface area contributed by atoms with E-state index in [-0.39, 0.29) is 6.42 Å². The van der Waals surface area contributed by atoms with Gasteiger partial charge in [0.05, 0.1) is 12.5 Å². The molecule has 0 fully saturated rings. The molecular formula is C22H44O3. The lowest BCUT2D eigenvalue weighted by molar-refractivity contribution is -0.139. The maximum absolute atomic E-state index is 10.4. The predicted molar refractivity (Wildman–Crippen MR) is 107 cm³/mol. The van der Waals surface area contributed by atoms with Crippen molar-refractivity contribution in [2.75, 3.05) is 0 Å². The molecule has 0 saturated carbocycles. The molecule has 0 radical (unpaired) electrons. The molecular weight excluding hydrogens is 312 g/mol. The van der Waals surface area contributed by atoms with E-state index in [4.69, 9.17) is 5.11 Å². The molecule has 0 spiro atoms. The van der Waals surface area contributed by atoms with Crippen molar-refractivity contribution in [1.82, 2.24) is 0 Å². The zero-order chi connectivity index (χ0) is 18.6. The van der Waals surface area contributed by atoms with Crippen molar-refractivity contribution in [2.24, 2.45) is 0 Å². The third kappa shape index (κ3) is 21.4. The first kappa shape index (κ1) is 24.4. The van der Waals surface area contributed by atoms with E-state index in [0.717, 1.165) is 12.8 Å². The van der Waals surface area contributed by atoms with Crippen LogP contribution in [-0.4, -0.2) is 22.3 Å². The second kappa shape index (κ2) is 19.8. The Morgan fingerprint density at radius 1 is 0.640 bits per heavy atom. The SMILES string of the molecule is CCCCCCCCCCCCCCCCCCC[C@H](O)CC(=O)O. The standard InChI is InChI=1S/C22H44O3/c1-2-3-4-5-6-7-8-9-10-11-12-13-14-15-16-17-18-19-21(23)20-22(24)25/h21,23H,2-20H2,1H3,(H,24,25)/t21-/m0/s1. The van der Waals surface area contributed by atoms with Crippen LogP contribution in [0.1, 0.15) is 129 Å². The number of unbranched alkanes of at least 4 members (excludes halogenated alkanes) is 16. The van der Waals surface area contributed by atoms with Crippen LogP contribution in [0, 0.1) is 0 Å². The largest absolute Gasteiger partial charge is 0.481 e. The third-order valence-electron chi connectivity index (χ3n) is 5.05. The van der Waals surface area contributed by atoms with Crippen LogP contribution in [-0.2, 0) is 4.79 Å². The van der Waals surface area contributed by atoms with Crippen molar-refractivity contribution in [3.8, 4) is 0 Å². The van der Waals surface area contributed by atoms with Gasteiger partial charge in [-0.1, -0.05) is 116 Å². The highest BCUT2D eigenvalue weighted by atomic mass is 16.4. The number of aliphatic hydroxyl groups excluding tert-OH is 1. The number of aliphatic hydroxyl groups is 1. The minimum Gasteiger partial charge on any atom is -0.481 e. The van der Waals surface area contributed by atoms with E-state index in [2.05, 4.69) is 6.92 Å². The van der Waals surface area contributed by atoms with Crippen LogP contribution in [0.4, 0.5) is 0 Å². The third-order valence-corrected chi connectivity index (χ3v) is 5.05. The van der Waals surface area contributed by atoms with E-state index in [0.29, 0.717) is 6.42 Å². The first-order valence-electron chi connectivity index (χ1n) is 11.1. The molecule has 0 saturated heterocycles. The molecule has 0 aliphatic carbocycles. The molecule has 0 aliphatic heterocycles. The molecule has 150 valence electrons. The Hall–Kier alpha value is -0.570. The fourth-order valence-corrected chi connectivity index (χ4v) is 3.41. The van der Waals surface area contributed by atoms with Crippen LogP contribution in [0.3, 0.4) is 0 Å². The average molecular weight is 357 g/mol. The van der Waals surface area contributed by atoms with Gasteiger partial charge in [0.15, 0.2) is 0 Å². The van der Waals surface area contributed by atoms with Crippen LogP contribution >= 0.6 is 0 Å². The maximum atomic E-state index is 10.4. The molecule has 0 rings (SSSR count). The lowest BCUT2D eigenvalue weighted by Crippen LogP contribution is -2.12. The highest BCUT2D eigenvalue weighted by molar-refractivity contribution is 5.67. The lowest BCUT2D eigenvalue weighted by Gasteiger charge is -2.07. The summed E-state index contributed by atoms with van der Waals surface area (Å²) in [5.41, 5.74) is 0. The molecule has 0 bridgehead atoms. The van der Waals surface area contributed by atoms with Gasteiger partial charge in [0.1, 0.15) is 0 Å². The maximum Gasteiger partial charge on any atom is 0.305 e. The number of hydrogen-bond acceptors (Lipinski definition) is 2. The fourth-order valence-electron chi connectivity index (χ4n) is 3.41. The summed E-state index contributed by atoms with van der Waals surface area (Å²) in [4.78, 5) is 10.4. The summed E-state index contributed by atoms with van der Waals surface area (Å²) < 4.78 is 0. The first-order valence-corrected chi connectivity index (χ1v) is 11.1. The Bertz CT molecular complexity index is 278. The van der Waals surface area contributed by atoms with Gasteiger partial charge < -0.3 is 10.2 Å².